The van der Waals surface area contributed by atoms with Crippen LogP contribution in [0, 0.1) is 0 Å². The molecule has 16 heavy (non-hydrogen) atoms. The molecule has 1 N–H and O–H groups in total. The Kier molecular flexibility index (Phi) is 2.52. The summed E-state index contributed by atoms with van der Waals surface area (Å²) in [5.74, 6) is 0.575. The topological polar surface area (TPSA) is 68.1 Å². The molecule has 0 radical (unpaired) electrons. The molecule has 2 rings (SSSR count). The highest BCUT2D eigenvalue weighted by Gasteiger charge is 2.32. The van der Waals surface area contributed by atoms with Crippen molar-refractivity contribution >= 4 is 11.5 Å². The van der Waals surface area contributed by atoms with Crippen molar-refractivity contribution in [1.29, 1.82) is 0 Å². The van der Waals surface area contributed by atoms with Crippen molar-refractivity contribution in [2.45, 2.75) is 6.42 Å². The number of benzene rings is 1. The zero-order chi connectivity index (χ0) is 11.7. The minimum Gasteiger partial charge on any atom is -0.493 e. The molecule has 0 bridgehead atoms. The average molecular weight is 221 g/mol. The first kappa shape index (κ1) is 10.5. The Morgan fingerprint density at radius 3 is 2.62 bits per heavy atom. The predicted molar refractivity (Wildman–Crippen MR) is 56.8 cm³/mol. The van der Waals surface area contributed by atoms with Crippen LogP contribution in [0.4, 0.5) is 0 Å². The summed E-state index contributed by atoms with van der Waals surface area (Å²) in [7, 11) is 2.98. The van der Waals surface area contributed by atoms with E-state index < -0.39 is 0 Å². The quantitative estimate of drug-likeness (QED) is 0.603. The molecular formula is C11H11NO4. The predicted octanol–water partition coefficient (Wildman–Crippen LogP) is 1.27. The number of ketones is 1. The van der Waals surface area contributed by atoms with Crippen molar-refractivity contribution in [3.8, 4) is 11.5 Å². The fourth-order valence-electron chi connectivity index (χ4n) is 1.85. The fourth-order valence-corrected chi connectivity index (χ4v) is 1.85. The van der Waals surface area contributed by atoms with E-state index >= 15 is 0 Å². The van der Waals surface area contributed by atoms with Crippen LogP contribution in [0.5, 0.6) is 11.5 Å². The second kappa shape index (κ2) is 3.84. The Morgan fingerprint density at radius 1 is 1.31 bits per heavy atom. The van der Waals surface area contributed by atoms with E-state index in [0.29, 0.717) is 23.5 Å². The van der Waals surface area contributed by atoms with E-state index in [1.165, 1.54) is 14.2 Å². The van der Waals surface area contributed by atoms with Gasteiger partial charge in [-0.05, 0) is 11.6 Å². The van der Waals surface area contributed by atoms with E-state index in [1.807, 2.05) is 0 Å². The number of oxime groups is 1. The summed E-state index contributed by atoms with van der Waals surface area (Å²) < 4.78 is 10.3. The SMILES string of the molecule is COc1ccc2c(c1OC)C(=O)C(=NO)C2. The molecule has 1 aliphatic carbocycles. The standard InChI is InChI=1S/C11H11NO4/c1-15-8-4-3-6-5-7(12-14)10(13)9(6)11(8)16-2/h3-4,14H,5H2,1-2H3. The zero-order valence-corrected chi connectivity index (χ0v) is 8.98. The van der Waals surface area contributed by atoms with E-state index in [9.17, 15) is 4.79 Å². The van der Waals surface area contributed by atoms with Gasteiger partial charge in [0.2, 0.25) is 5.78 Å². The Balaban J connectivity index is 2.63. The Hall–Kier alpha value is -2.04. The normalized spacial score (nSPS) is 16.4. The first-order chi connectivity index (χ1) is 7.72. The molecule has 0 fully saturated rings. The van der Waals surface area contributed by atoms with Crippen molar-refractivity contribution in [3.63, 3.8) is 0 Å². The first-order valence-corrected chi connectivity index (χ1v) is 4.72. The third-order valence-electron chi connectivity index (χ3n) is 2.60. The maximum atomic E-state index is 11.8. The summed E-state index contributed by atoms with van der Waals surface area (Å²) >= 11 is 0. The van der Waals surface area contributed by atoms with E-state index in [4.69, 9.17) is 14.7 Å². The molecule has 5 heteroatoms. The van der Waals surface area contributed by atoms with Crippen molar-refractivity contribution in [2.24, 2.45) is 5.16 Å². The number of hydrogen-bond acceptors (Lipinski definition) is 5. The molecule has 0 atom stereocenters. The van der Waals surface area contributed by atoms with Crippen molar-refractivity contribution < 1.29 is 19.5 Å². The van der Waals surface area contributed by atoms with Crippen LogP contribution in [-0.4, -0.2) is 30.9 Å². The fraction of sp³-hybridized carbons (Fsp3) is 0.273. The number of nitrogens with zero attached hydrogens (tertiary/aromatic N) is 1. The van der Waals surface area contributed by atoms with Crippen LogP contribution < -0.4 is 9.47 Å². The van der Waals surface area contributed by atoms with Crippen LogP contribution in [0.2, 0.25) is 0 Å². The Bertz CT molecular complexity index is 479. The molecule has 0 spiro atoms. The lowest BCUT2D eigenvalue weighted by Gasteiger charge is -2.10. The van der Waals surface area contributed by atoms with Gasteiger partial charge in [-0.3, -0.25) is 4.79 Å². The van der Waals surface area contributed by atoms with Gasteiger partial charge < -0.3 is 14.7 Å². The van der Waals surface area contributed by atoms with Gasteiger partial charge in [0.05, 0.1) is 19.8 Å². The molecular weight excluding hydrogens is 210 g/mol. The van der Waals surface area contributed by atoms with E-state index in [1.54, 1.807) is 12.1 Å². The summed E-state index contributed by atoms with van der Waals surface area (Å²) in [6.07, 6.45) is 0.324. The van der Waals surface area contributed by atoms with Crippen molar-refractivity contribution in [2.75, 3.05) is 14.2 Å². The lowest BCUT2D eigenvalue weighted by atomic mass is 10.1. The van der Waals surface area contributed by atoms with Gasteiger partial charge in [-0.2, -0.15) is 0 Å². The zero-order valence-electron chi connectivity index (χ0n) is 8.98. The third-order valence-corrected chi connectivity index (χ3v) is 2.60. The summed E-state index contributed by atoms with van der Waals surface area (Å²) in [6.45, 7) is 0. The van der Waals surface area contributed by atoms with Crippen LogP contribution in [0.1, 0.15) is 15.9 Å². The highest BCUT2D eigenvalue weighted by atomic mass is 16.5. The molecule has 1 aromatic carbocycles. The van der Waals surface area contributed by atoms with Crippen molar-refractivity contribution in [1.82, 2.24) is 0 Å². The molecule has 0 saturated carbocycles. The van der Waals surface area contributed by atoms with E-state index in [-0.39, 0.29) is 11.5 Å². The number of rotatable bonds is 2. The van der Waals surface area contributed by atoms with Gasteiger partial charge in [-0.25, -0.2) is 0 Å². The van der Waals surface area contributed by atoms with Crippen molar-refractivity contribution in [3.05, 3.63) is 23.3 Å². The monoisotopic (exact) mass is 221 g/mol. The van der Waals surface area contributed by atoms with Gasteiger partial charge in [0.15, 0.2) is 11.5 Å². The number of Topliss-reactive ketones (excluding diaryl/α,β-unsaturated/α-hetero) is 1. The highest BCUT2D eigenvalue weighted by molar-refractivity contribution is 6.50. The number of hydrogen-bond donors (Lipinski definition) is 1. The molecule has 84 valence electrons. The minimum atomic E-state index is -0.312. The molecule has 0 aromatic heterocycles. The van der Waals surface area contributed by atoms with Gasteiger partial charge in [0.1, 0.15) is 5.71 Å². The lowest BCUT2D eigenvalue weighted by molar-refractivity contribution is 0.106. The van der Waals surface area contributed by atoms with Crippen LogP contribution in [0.25, 0.3) is 0 Å². The Labute approximate surface area is 92.3 Å². The van der Waals surface area contributed by atoms with E-state index in [0.717, 1.165) is 5.56 Å². The average Bonchev–Trinajstić information content (AvgIpc) is 2.65. The smallest absolute Gasteiger partial charge is 0.215 e. The Morgan fingerprint density at radius 2 is 2.06 bits per heavy atom. The molecule has 0 saturated heterocycles. The first-order valence-electron chi connectivity index (χ1n) is 4.72. The number of carbonyl (C=O) groups is 1. The summed E-state index contributed by atoms with van der Waals surface area (Å²) in [5.41, 5.74) is 1.34. The van der Waals surface area contributed by atoms with Crippen LogP contribution >= 0.6 is 0 Å². The van der Waals surface area contributed by atoms with Gasteiger partial charge in [0, 0.05) is 6.42 Å². The largest absolute Gasteiger partial charge is 0.493 e. The molecule has 0 amide bonds. The molecule has 1 aliphatic rings. The second-order valence-electron chi connectivity index (χ2n) is 3.39. The maximum Gasteiger partial charge on any atom is 0.215 e. The summed E-state index contributed by atoms with van der Waals surface area (Å²) in [4.78, 5) is 11.8. The molecule has 1 aromatic rings. The molecule has 5 nitrogen and oxygen atoms in total. The number of carbonyl (C=O) groups excluding carboxylic acids is 1. The van der Waals surface area contributed by atoms with Crippen LogP contribution in [-0.2, 0) is 6.42 Å². The summed E-state index contributed by atoms with van der Waals surface area (Å²) in [6, 6.07) is 3.50. The summed E-state index contributed by atoms with van der Waals surface area (Å²) in [5, 5.41) is 11.7. The molecule has 0 aliphatic heterocycles. The number of ether oxygens (including phenoxy) is 2. The maximum absolute atomic E-state index is 11.8. The third kappa shape index (κ3) is 1.32. The number of methoxy groups -OCH3 is 2. The number of fused-ring (bicyclic) bond motifs is 1. The van der Waals surface area contributed by atoms with Crippen LogP contribution in [0.15, 0.2) is 17.3 Å². The van der Waals surface area contributed by atoms with Gasteiger partial charge in [-0.15, -0.1) is 0 Å². The van der Waals surface area contributed by atoms with Gasteiger partial charge in [-0.1, -0.05) is 11.2 Å². The highest BCUT2D eigenvalue weighted by Crippen LogP contribution is 2.37. The minimum absolute atomic E-state index is 0.126. The van der Waals surface area contributed by atoms with Gasteiger partial charge >= 0.3 is 0 Å². The van der Waals surface area contributed by atoms with Crippen LogP contribution in [0.3, 0.4) is 0 Å². The molecule has 0 unspecified atom stereocenters. The van der Waals surface area contributed by atoms with Gasteiger partial charge in [0.25, 0.3) is 0 Å². The lowest BCUT2D eigenvalue weighted by Crippen LogP contribution is -2.08. The van der Waals surface area contributed by atoms with E-state index in [2.05, 4.69) is 5.16 Å². The second-order valence-corrected chi connectivity index (χ2v) is 3.39. The molecule has 0 heterocycles.